The predicted molar refractivity (Wildman–Crippen MR) is 50.4 cm³/mol. The first-order valence-electron chi connectivity index (χ1n) is 4.41. The second-order valence-corrected chi connectivity index (χ2v) is 2.95. The summed E-state index contributed by atoms with van der Waals surface area (Å²) >= 11 is 0. The molecule has 0 saturated heterocycles. The second-order valence-electron chi connectivity index (χ2n) is 2.95. The van der Waals surface area contributed by atoms with E-state index in [1.54, 1.807) is 26.0 Å². The van der Waals surface area contributed by atoms with Crippen LogP contribution in [-0.2, 0) is 19.0 Å². The Balaban J connectivity index is 2.59. The van der Waals surface area contributed by atoms with Crippen molar-refractivity contribution >= 4 is 5.97 Å². The Morgan fingerprint density at radius 1 is 1.71 bits per heavy atom. The number of methoxy groups -OCH3 is 1. The van der Waals surface area contributed by atoms with E-state index in [2.05, 4.69) is 0 Å². The molecule has 0 bridgehead atoms. The molecule has 1 unspecified atom stereocenters. The second kappa shape index (κ2) is 4.28. The number of ether oxygens (including phenoxy) is 3. The first-order valence-corrected chi connectivity index (χ1v) is 4.41. The maximum Gasteiger partial charge on any atom is 0.334 e. The molecule has 0 aromatic carbocycles. The fourth-order valence-electron chi connectivity index (χ4n) is 1.02. The van der Waals surface area contributed by atoms with Crippen LogP contribution >= 0.6 is 0 Å². The predicted octanol–water partition coefficient (Wildman–Crippen LogP) is 1.38. The van der Waals surface area contributed by atoms with Gasteiger partial charge in [0.25, 0.3) is 0 Å². The number of allylic oxidation sites excluding steroid dienone is 1. The molecule has 14 heavy (non-hydrogen) atoms. The molecule has 0 saturated carbocycles. The summed E-state index contributed by atoms with van der Waals surface area (Å²) in [5.41, 5.74) is 0. The Kier molecular flexibility index (Phi) is 3.30. The van der Waals surface area contributed by atoms with Crippen LogP contribution in [0.25, 0.3) is 0 Å². The van der Waals surface area contributed by atoms with Gasteiger partial charge in [0.15, 0.2) is 0 Å². The van der Waals surface area contributed by atoms with E-state index in [1.165, 1.54) is 13.2 Å². The molecule has 1 aliphatic rings. The third-order valence-corrected chi connectivity index (χ3v) is 1.82. The molecule has 0 N–H and O–H groups in total. The minimum Gasteiger partial charge on any atom is -0.463 e. The lowest BCUT2D eigenvalue weighted by atomic mass is 10.3. The van der Waals surface area contributed by atoms with Crippen molar-refractivity contribution in [2.45, 2.75) is 19.6 Å². The minimum absolute atomic E-state index is 0.355. The van der Waals surface area contributed by atoms with Gasteiger partial charge >= 0.3 is 5.97 Å². The van der Waals surface area contributed by atoms with E-state index in [0.29, 0.717) is 12.4 Å². The maximum atomic E-state index is 11.0. The van der Waals surface area contributed by atoms with E-state index in [9.17, 15) is 4.79 Å². The van der Waals surface area contributed by atoms with Crippen molar-refractivity contribution in [3.63, 3.8) is 0 Å². The Morgan fingerprint density at radius 2 is 2.43 bits per heavy atom. The molecule has 0 fully saturated rings. The Bertz CT molecular complexity index is 280. The zero-order valence-electron chi connectivity index (χ0n) is 8.57. The van der Waals surface area contributed by atoms with Crippen LogP contribution in [0.2, 0.25) is 0 Å². The molecular formula is C10H14O4. The average molecular weight is 198 g/mol. The first kappa shape index (κ1) is 10.8. The van der Waals surface area contributed by atoms with Crippen molar-refractivity contribution in [2.75, 3.05) is 13.7 Å². The van der Waals surface area contributed by atoms with E-state index in [1.807, 2.05) is 0 Å². The number of rotatable bonds is 3. The lowest BCUT2D eigenvalue weighted by molar-refractivity contribution is -0.141. The van der Waals surface area contributed by atoms with Gasteiger partial charge in [-0.3, -0.25) is 0 Å². The van der Waals surface area contributed by atoms with Gasteiger partial charge in [-0.2, -0.15) is 0 Å². The van der Waals surface area contributed by atoms with Crippen LogP contribution in [0.15, 0.2) is 24.0 Å². The normalized spacial score (nSPS) is 27.8. The summed E-state index contributed by atoms with van der Waals surface area (Å²) in [5.74, 6) is -0.724. The molecule has 78 valence electrons. The highest BCUT2D eigenvalue weighted by Gasteiger charge is 2.27. The highest BCUT2D eigenvalue weighted by molar-refractivity contribution is 5.83. The van der Waals surface area contributed by atoms with Crippen LogP contribution in [0.1, 0.15) is 13.8 Å². The maximum absolute atomic E-state index is 11.0. The quantitative estimate of drug-likeness (QED) is 0.507. The van der Waals surface area contributed by atoms with Crippen molar-refractivity contribution in [2.24, 2.45) is 0 Å². The highest BCUT2D eigenvalue weighted by Crippen LogP contribution is 2.25. The molecule has 0 radical (unpaired) electrons. The largest absolute Gasteiger partial charge is 0.463 e. The topological polar surface area (TPSA) is 44.8 Å². The van der Waals surface area contributed by atoms with E-state index in [0.717, 1.165) is 0 Å². The van der Waals surface area contributed by atoms with E-state index < -0.39 is 11.8 Å². The monoisotopic (exact) mass is 198 g/mol. The standard InChI is InChI=1S/C10H14O4/c1-4-13-9(11)7-8-5-6-10(2,12-3)14-8/h5-7H,4H2,1-3H3/b8-7+. The van der Waals surface area contributed by atoms with E-state index in [4.69, 9.17) is 14.2 Å². The van der Waals surface area contributed by atoms with Crippen molar-refractivity contribution in [3.05, 3.63) is 24.0 Å². The van der Waals surface area contributed by atoms with Crippen LogP contribution < -0.4 is 0 Å². The van der Waals surface area contributed by atoms with E-state index >= 15 is 0 Å². The fourth-order valence-corrected chi connectivity index (χ4v) is 1.02. The summed E-state index contributed by atoms with van der Waals surface area (Å²) in [4.78, 5) is 11.0. The van der Waals surface area contributed by atoms with Gasteiger partial charge in [-0.05, 0) is 19.1 Å². The van der Waals surface area contributed by atoms with Crippen LogP contribution in [0.5, 0.6) is 0 Å². The average Bonchev–Trinajstić information content (AvgIpc) is 2.49. The molecule has 1 heterocycles. The number of hydrogen-bond donors (Lipinski definition) is 0. The van der Waals surface area contributed by atoms with Crippen molar-refractivity contribution < 1.29 is 19.0 Å². The van der Waals surface area contributed by atoms with Crippen LogP contribution in [0, 0.1) is 0 Å². The van der Waals surface area contributed by atoms with Gasteiger partial charge in [0.05, 0.1) is 12.7 Å². The van der Waals surface area contributed by atoms with Gasteiger partial charge in [-0.1, -0.05) is 0 Å². The summed E-state index contributed by atoms with van der Waals surface area (Å²) in [7, 11) is 1.54. The zero-order chi connectivity index (χ0) is 10.6. The van der Waals surface area contributed by atoms with Crippen molar-refractivity contribution in [1.29, 1.82) is 0 Å². The molecule has 4 nitrogen and oxygen atoms in total. The summed E-state index contributed by atoms with van der Waals surface area (Å²) in [6, 6.07) is 0. The van der Waals surface area contributed by atoms with Crippen LogP contribution in [0.4, 0.5) is 0 Å². The smallest absolute Gasteiger partial charge is 0.334 e. The van der Waals surface area contributed by atoms with Crippen molar-refractivity contribution in [1.82, 2.24) is 0 Å². The molecule has 0 aliphatic carbocycles. The molecule has 0 spiro atoms. The molecular weight excluding hydrogens is 184 g/mol. The molecule has 0 aromatic heterocycles. The number of carbonyl (C=O) groups is 1. The SMILES string of the molecule is CCOC(=O)/C=C1\C=CC(C)(OC)O1. The summed E-state index contributed by atoms with van der Waals surface area (Å²) in [6.07, 6.45) is 4.71. The van der Waals surface area contributed by atoms with E-state index in [-0.39, 0.29) is 0 Å². The molecule has 1 rings (SSSR count). The van der Waals surface area contributed by atoms with Crippen LogP contribution in [-0.4, -0.2) is 25.5 Å². The zero-order valence-corrected chi connectivity index (χ0v) is 8.57. The number of carbonyl (C=O) groups excluding carboxylic acids is 1. The Labute approximate surface area is 83.1 Å². The molecule has 4 heteroatoms. The van der Waals surface area contributed by atoms with Gasteiger partial charge in [0, 0.05) is 14.0 Å². The van der Waals surface area contributed by atoms with Gasteiger partial charge in [-0.15, -0.1) is 0 Å². The Morgan fingerprint density at radius 3 is 2.93 bits per heavy atom. The summed E-state index contributed by atoms with van der Waals surface area (Å²) in [5, 5.41) is 0. The third kappa shape index (κ3) is 2.60. The fraction of sp³-hybridized carbons (Fsp3) is 0.500. The lowest BCUT2D eigenvalue weighted by Crippen LogP contribution is -2.23. The summed E-state index contributed by atoms with van der Waals surface area (Å²) < 4.78 is 15.1. The van der Waals surface area contributed by atoms with Gasteiger partial charge in [0.1, 0.15) is 5.76 Å². The highest BCUT2D eigenvalue weighted by atomic mass is 16.7. The van der Waals surface area contributed by atoms with Gasteiger partial charge < -0.3 is 14.2 Å². The molecule has 0 aromatic rings. The summed E-state index contributed by atoms with van der Waals surface area (Å²) in [6.45, 7) is 3.87. The number of hydrogen-bond acceptors (Lipinski definition) is 4. The molecule has 0 amide bonds. The third-order valence-electron chi connectivity index (χ3n) is 1.82. The minimum atomic E-state index is -0.766. The lowest BCUT2D eigenvalue weighted by Gasteiger charge is -2.20. The van der Waals surface area contributed by atoms with Crippen LogP contribution in [0.3, 0.4) is 0 Å². The Hall–Kier alpha value is -1.29. The molecule has 1 atom stereocenters. The molecule has 1 aliphatic heterocycles. The van der Waals surface area contributed by atoms with Gasteiger partial charge in [0.2, 0.25) is 5.79 Å². The van der Waals surface area contributed by atoms with Gasteiger partial charge in [-0.25, -0.2) is 4.79 Å². The number of esters is 1. The first-order chi connectivity index (χ1) is 6.59. The van der Waals surface area contributed by atoms with Crippen molar-refractivity contribution in [3.8, 4) is 0 Å².